The predicted molar refractivity (Wildman–Crippen MR) is 130 cm³/mol. The van der Waals surface area contributed by atoms with Crippen LogP contribution in [-0.2, 0) is 19.5 Å². The van der Waals surface area contributed by atoms with E-state index in [1.165, 1.54) is 12.1 Å². The molecule has 3 aromatic heterocycles. The summed E-state index contributed by atoms with van der Waals surface area (Å²) in [6.45, 7) is 3.25. The van der Waals surface area contributed by atoms with Crippen molar-refractivity contribution in [1.29, 1.82) is 0 Å². The highest BCUT2D eigenvalue weighted by Crippen LogP contribution is 2.22. The molecule has 0 atom stereocenters. The largest absolute Gasteiger partial charge is 0.350 e. The molecule has 0 aliphatic heterocycles. The van der Waals surface area contributed by atoms with E-state index in [2.05, 4.69) is 20.9 Å². The fraction of sp³-hybridized carbons (Fsp3) is 0.154. The Hall–Kier alpha value is -4.33. The SMILES string of the molecule is Cc1nc2ccccc2n1CCc1nc2c3ccccc3nc(NCc3ccc(F)cc3)n2n1. The van der Waals surface area contributed by atoms with Gasteiger partial charge < -0.3 is 9.88 Å². The van der Waals surface area contributed by atoms with E-state index in [1.807, 2.05) is 49.4 Å². The normalized spacial score (nSPS) is 11.6. The molecule has 0 aliphatic carbocycles. The zero-order valence-corrected chi connectivity index (χ0v) is 18.6. The summed E-state index contributed by atoms with van der Waals surface area (Å²) >= 11 is 0. The number of hydrogen-bond acceptors (Lipinski definition) is 5. The summed E-state index contributed by atoms with van der Waals surface area (Å²) in [7, 11) is 0. The number of nitrogens with zero attached hydrogens (tertiary/aromatic N) is 6. The molecular weight excluding hydrogens is 429 g/mol. The Morgan fingerprint density at radius 3 is 2.47 bits per heavy atom. The van der Waals surface area contributed by atoms with E-state index in [9.17, 15) is 4.39 Å². The number of nitrogens with one attached hydrogen (secondary N) is 1. The minimum absolute atomic E-state index is 0.253. The number of fused-ring (bicyclic) bond motifs is 4. The second-order valence-electron chi connectivity index (χ2n) is 8.25. The van der Waals surface area contributed by atoms with Crippen LogP contribution in [0, 0.1) is 12.7 Å². The fourth-order valence-electron chi connectivity index (χ4n) is 4.29. The minimum Gasteiger partial charge on any atom is -0.350 e. The average molecular weight is 452 g/mol. The minimum atomic E-state index is -0.253. The van der Waals surface area contributed by atoms with Gasteiger partial charge in [-0.2, -0.15) is 4.52 Å². The molecule has 0 aliphatic rings. The fourth-order valence-corrected chi connectivity index (χ4v) is 4.29. The quantitative estimate of drug-likeness (QED) is 0.389. The smallest absolute Gasteiger partial charge is 0.226 e. The molecule has 0 radical (unpaired) electrons. The number of para-hydroxylation sites is 3. The van der Waals surface area contributed by atoms with Crippen molar-refractivity contribution < 1.29 is 4.39 Å². The van der Waals surface area contributed by atoms with Gasteiger partial charge in [0.1, 0.15) is 11.6 Å². The molecule has 34 heavy (non-hydrogen) atoms. The summed E-state index contributed by atoms with van der Waals surface area (Å²) in [4.78, 5) is 14.3. The lowest BCUT2D eigenvalue weighted by Crippen LogP contribution is -2.08. The Balaban J connectivity index is 1.34. The first-order valence-electron chi connectivity index (χ1n) is 11.2. The van der Waals surface area contributed by atoms with Crippen LogP contribution in [0.3, 0.4) is 0 Å². The molecule has 6 rings (SSSR count). The molecule has 3 aromatic carbocycles. The van der Waals surface area contributed by atoms with E-state index in [0.717, 1.165) is 51.3 Å². The van der Waals surface area contributed by atoms with Gasteiger partial charge in [0.05, 0.1) is 16.6 Å². The Morgan fingerprint density at radius 2 is 1.62 bits per heavy atom. The number of aryl methyl sites for hydroxylation is 3. The molecular formula is C26H22FN7. The van der Waals surface area contributed by atoms with Crippen LogP contribution < -0.4 is 5.32 Å². The third-order valence-electron chi connectivity index (χ3n) is 5.99. The Kier molecular flexibility index (Phi) is 4.91. The summed E-state index contributed by atoms with van der Waals surface area (Å²) in [6, 6.07) is 22.5. The van der Waals surface area contributed by atoms with Crippen LogP contribution in [0.4, 0.5) is 10.3 Å². The van der Waals surface area contributed by atoms with Gasteiger partial charge in [0.25, 0.3) is 0 Å². The number of halogens is 1. The first-order valence-corrected chi connectivity index (χ1v) is 11.2. The molecule has 0 saturated carbocycles. The van der Waals surface area contributed by atoms with Gasteiger partial charge in [0.15, 0.2) is 11.5 Å². The monoisotopic (exact) mass is 451 g/mol. The second kappa shape index (κ2) is 8.22. The molecule has 7 nitrogen and oxygen atoms in total. The molecule has 6 aromatic rings. The van der Waals surface area contributed by atoms with Gasteiger partial charge in [-0.3, -0.25) is 0 Å². The lowest BCUT2D eigenvalue weighted by molar-refractivity contribution is 0.627. The maximum absolute atomic E-state index is 13.3. The van der Waals surface area contributed by atoms with Gasteiger partial charge in [-0.25, -0.2) is 19.3 Å². The van der Waals surface area contributed by atoms with Crippen molar-refractivity contribution in [2.24, 2.45) is 0 Å². The summed E-state index contributed by atoms with van der Waals surface area (Å²) in [5.74, 6) is 2.05. The van der Waals surface area contributed by atoms with Crippen molar-refractivity contribution in [1.82, 2.24) is 29.1 Å². The van der Waals surface area contributed by atoms with E-state index in [4.69, 9.17) is 15.1 Å². The van der Waals surface area contributed by atoms with Crippen molar-refractivity contribution in [2.45, 2.75) is 26.4 Å². The maximum atomic E-state index is 13.3. The van der Waals surface area contributed by atoms with Gasteiger partial charge in [0, 0.05) is 24.9 Å². The van der Waals surface area contributed by atoms with E-state index < -0.39 is 0 Å². The molecule has 168 valence electrons. The van der Waals surface area contributed by atoms with Gasteiger partial charge in [-0.1, -0.05) is 36.4 Å². The van der Waals surface area contributed by atoms with E-state index in [0.29, 0.717) is 18.9 Å². The van der Waals surface area contributed by atoms with E-state index in [-0.39, 0.29) is 5.82 Å². The van der Waals surface area contributed by atoms with Crippen LogP contribution >= 0.6 is 0 Å². The van der Waals surface area contributed by atoms with Crippen molar-refractivity contribution in [2.75, 3.05) is 5.32 Å². The van der Waals surface area contributed by atoms with Crippen LogP contribution in [-0.4, -0.2) is 29.1 Å². The standard InChI is InChI=1S/C26H22FN7/c1-17-29-22-8-4-5-9-23(22)33(17)15-14-24-31-25-20-6-2-3-7-21(20)30-26(34(25)32-24)28-16-18-10-12-19(27)13-11-18/h2-13H,14-16H2,1H3,(H,28,30). The van der Waals surface area contributed by atoms with E-state index >= 15 is 0 Å². The molecule has 1 N–H and O–H groups in total. The highest BCUT2D eigenvalue weighted by atomic mass is 19.1. The lowest BCUT2D eigenvalue weighted by Gasteiger charge is -2.09. The van der Waals surface area contributed by atoms with Crippen molar-refractivity contribution in [3.8, 4) is 0 Å². The molecule has 0 fully saturated rings. The number of imidazole rings is 1. The first-order chi connectivity index (χ1) is 16.7. The number of benzene rings is 3. The van der Waals surface area contributed by atoms with Crippen molar-refractivity contribution in [3.05, 3.63) is 95.8 Å². The highest BCUT2D eigenvalue weighted by molar-refractivity contribution is 5.92. The van der Waals surface area contributed by atoms with Gasteiger partial charge in [0.2, 0.25) is 5.95 Å². The van der Waals surface area contributed by atoms with Gasteiger partial charge >= 0.3 is 0 Å². The van der Waals surface area contributed by atoms with Gasteiger partial charge in [-0.15, -0.1) is 5.10 Å². The van der Waals surface area contributed by atoms with Crippen LogP contribution in [0.15, 0.2) is 72.8 Å². The third kappa shape index (κ3) is 3.63. The number of hydrogen-bond donors (Lipinski definition) is 1. The summed E-state index contributed by atoms with van der Waals surface area (Å²) < 4.78 is 17.2. The van der Waals surface area contributed by atoms with Gasteiger partial charge in [-0.05, 0) is 48.9 Å². The number of anilines is 1. The highest BCUT2D eigenvalue weighted by Gasteiger charge is 2.14. The molecule has 0 saturated heterocycles. The van der Waals surface area contributed by atoms with Crippen LogP contribution in [0.5, 0.6) is 0 Å². The first kappa shape index (κ1) is 20.3. The molecule has 0 spiro atoms. The topological polar surface area (TPSA) is 72.9 Å². The van der Waals surface area contributed by atoms with Crippen LogP contribution in [0.1, 0.15) is 17.2 Å². The van der Waals surface area contributed by atoms with Crippen LogP contribution in [0.2, 0.25) is 0 Å². The Morgan fingerprint density at radius 1 is 0.853 bits per heavy atom. The maximum Gasteiger partial charge on any atom is 0.226 e. The third-order valence-corrected chi connectivity index (χ3v) is 5.99. The average Bonchev–Trinajstić information content (AvgIpc) is 3.43. The predicted octanol–water partition coefficient (Wildman–Crippen LogP) is 4.93. The number of rotatable bonds is 6. The van der Waals surface area contributed by atoms with E-state index in [1.54, 1.807) is 16.6 Å². The zero-order valence-electron chi connectivity index (χ0n) is 18.6. The lowest BCUT2D eigenvalue weighted by atomic mass is 10.2. The molecule has 0 unspecified atom stereocenters. The van der Waals surface area contributed by atoms with Crippen molar-refractivity contribution >= 4 is 33.5 Å². The molecule has 0 bridgehead atoms. The second-order valence-corrected chi connectivity index (χ2v) is 8.25. The molecule has 3 heterocycles. The number of aromatic nitrogens is 6. The van der Waals surface area contributed by atoms with Crippen LogP contribution in [0.25, 0.3) is 27.6 Å². The summed E-state index contributed by atoms with van der Waals surface area (Å²) in [5.41, 5.74) is 4.65. The Labute approximate surface area is 194 Å². The Bertz CT molecular complexity index is 1630. The molecule has 0 amide bonds. The van der Waals surface area contributed by atoms with Crippen molar-refractivity contribution in [3.63, 3.8) is 0 Å². The summed E-state index contributed by atoms with van der Waals surface area (Å²) in [6.07, 6.45) is 0.661. The molecule has 8 heteroatoms. The zero-order chi connectivity index (χ0) is 23.1. The summed E-state index contributed by atoms with van der Waals surface area (Å²) in [5, 5.41) is 9.07.